The van der Waals surface area contributed by atoms with E-state index in [1.54, 1.807) is 0 Å². The summed E-state index contributed by atoms with van der Waals surface area (Å²) in [7, 11) is -4.89. The highest BCUT2D eigenvalue weighted by molar-refractivity contribution is 7.85. The van der Waals surface area contributed by atoms with E-state index in [0.29, 0.717) is 0 Å². The third-order valence-electron chi connectivity index (χ3n) is 5.83. The fraction of sp³-hybridized carbons (Fsp3) is 0.750. The molecule has 2 aliphatic heterocycles. The van der Waals surface area contributed by atoms with Crippen molar-refractivity contribution in [1.82, 2.24) is 0 Å². The third-order valence-corrected chi connectivity index (χ3v) is 6.58. The van der Waals surface area contributed by atoms with Gasteiger partial charge >= 0.3 is 35.8 Å². The van der Waals surface area contributed by atoms with Gasteiger partial charge in [0.1, 0.15) is 30.7 Å². The van der Waals surface area contributed by atoms with Gasteiger partial charge in [-0.15, -0.1) is 0 Å². The van der Waals surface area contributed by atoms with Crippen molar-refractivity contribution in [3.05, 3.63) is 0 Å². The Morgan fingerprint density at radius 3 is 1.48 bits per heavy atom. The third kappa shape index (κ3) is 10.9. The van der Waals surface area contributed by atoms with Gasteiger partial charge in [-0.05, 0) is 0 Å². The lowest BCUT2D eigenvalue weighted by Crippen LogP contribution is -2.67. The summed E-state index contributed by atoms with van der Waals surface area (Å²) in [5, 5.41) is 10.6. The van der Waals surface area contributed by atoms with Crippen LogP contribution in [0, 0.1) is 0 Å². The van der Waals surface area contributed by atoms with Crippen molar-refractivity contribution in [2.45, 2.75) is 103 Å². The van der Waals surface area contributed by atoms with Crippen molar-refractivity contribution in [3.8, 4) is 0 Å². The van der Waals surface area contributed by atoms with Gasteiger partial charge in [-0.1, -0.05) is 0 Å². The van der Waals surface area contributed by atoms with Crippen LogP contribution in [0.5, 0.6) is 0 Å². The standard InChI is InChI=1S/C24H34O19S/c1-9(25)35-7-15-17(19(37-11(3)27)21(23(31)41-15)39-13(5)29)43-24-22(40-14(6)30)20(38-12(4)28)18(36-10(2)26)16(42-24)8-44(32,33)34/h15-24,31H,7-8H2,1-6H3,(H,32,33,34)/t15-,16-,17-,18-,19+,20+,21-,22-,23-,24+/m1/s1. The Morgan fingerprint density at radius 2 is 1.02 bits per heavy atom. The first kappa shape index (κ1) is 36.8. The van der Waals surface area contributed by atoms with Crippen LogP contribution in [0.4, 0.5) is 0 Å². The largest absolute Gasteiger partial charge is 0.463 e. The van der Waals surface area contributed by atoms with Crippen LogP contribution in [0.3, 0.4) is 0 Å². The van der Waals surface area contributed by atoms with Crippen molar-refractivity contribution in [2.75, 3.05) is 12.4 Å². The van der Waals surface area contributed by atoms with Crippen LogP contribution in [0.15, 0.2) is 0 Å². The van der Waals surface area contributed by atoms with Crippen molar-refractivity contribution >= 4 is 45.9 Å². The van der Waals surface area contributed by atoms with Gasteiger partial charge in [0.25, 0.3) is 10.1 Å². The topological polar surface area (TPSA) is 260 Å². The Balaban J connectivity index is 2.70. The summed E-state index contributed by atoms with van der Waals surface area (Å²) >= 11 is 0. The van der Waals surface area contributed by atoms with Crippen molar-refractivity contribution in [1.29, 1.82) is 0 Å². The summed E-state index contributed by atoms with van der Waals surface area (Å²) < 4.78 is 81.4. The van der Waals surface area contributed by atoms with E-state index in [9.17, 15) is 46.8 Å². The van der Waals surface area contributed by atoms with Gasteiger partial charge in [-0.25, -0.2) is 0 Å². The number of carbonyl (C=O) groups excluding carboxylic acids is 6. The Labute approximate surface area is 251 Å². The zero-order valence-electron chi connectivity index (χ0n) is 24.4. The molecule has 10 atom stereocenters. The molecule has 0 aliphatic carbocycles. The predicted molar refractivity (Wildman–Crippen MR) is 135 cm³/mol. The van der Waals surface area contributed by atoms with Crippen LogP contribution in [-0.2, 0) is 81.5 Å². The molecular weight excluding hydrogens is 624 g/mol. The molecule has 2 fully saturated rings. The molecule has 250 valence electrons. The molecule has 0 radical (unpaired) electrons. The van der Waals surface area contributed by atoms with Crippen molar-refractivity contribution < 1.29 is 89.5 Å². The van der Waals surface area contributed by atoms with E-state index in [0.717, 1.165) is 41.5 Å². The van der Waals surface area contributed by atoms with Crippen LogP contribution < -0.4 is 0 Å². The summed E-state index contributed by atoms with van der Waals surface area (Å²) in [6, 6.07) is 0. The lowest BCUT2D eigenvalue weighted by molar-refractivity contribution is -0.353. The van der Waals surface area contributed by atoms with E-state index in [1.165, 1.54) is 0 Å². The molecule has 2 saturated heterocycles. The molecule has 2 aliphatic rings. The van der Waals surface area contributed by atoms with Crippen LogP contribution in [0.1, 0.15) is 41.5 Å². The summed E-state index contributed by atoms with van der Waals surface area (Å²) in [6.45, 7) is 5.12. The maximum absolute atomic E-state index is 12.1. The summed E-state index contributed by atoms with van der Waals surface area (Å²) in [5.41, 5.74) is 0. The fourth-order valence-electron chi connectivity index (χ4n) is 4.50. The summed E-state index contributed by atoms with van der Waals surface area (Å²) in [4.78, 5) is 71.5. The lowest BCUT2D eigenvalue weighted by atomic mass is 9.96. The van der Waals surface area contributed by atoms with Crippen LogP contribution >= 0.6 is 0 Å². The molecule has 2 heterocycles. The number of carbonyl (C=O) groups is 6. The van der Waals surface area contributed by atoms with Gasteiger partial charge in [0, 0.05) is 41.5 Å². The molecule has 0 aromatic rings. The van der Waals surface area contributed by atoms with Crippen molar-refractivity contribution in [2.24, 2.45) is 0 Å². The van der Waals surface area contributed by atoms with E-state index < -0.39 is 120 Å². The minimum atomic E-state index is -4.89. The van der Waals surface area contributed by atoms with E-state index in [4.69, 9.17) is 42.6 Å². The second-order valence-electron chi connectivity index (χ2n) is 9.63. The summed E-state index contributed by atoms with van der Waals surface area (Å²) in [6.07, 6.45) is -18.0. The zero-order chi connectivity index (χ0) is 33.5. The number of hydrogen-bond acceptors (Lipinski definition) is 18. The Morgan fingerprint density at radius 1 is 0.591 bits per heavy atom. The van der Waals surface area contributed by atoms with E-state index in [1.807, 2.05) is 0 Å². The number of rotatable bonds is 11. The van der Waals surface area contributed by atoms with Gasteiger partial charge in [0.15, 0.2) is 43.1 Å². The van der Waals surface area contributed by atoms with E-state index in [2.05, 4.69) is 0 Å². The monoisotopic (exact) mass is 658 g/mol. The number of esters is 6. The van der Waals surface area contributed by atoms with Crippen LogP contribution in [-0.4, -0.2) is 128 Å². The SMILES string of the molecule is CC(=O)OC[C@H]1O[C@@H](O)[C@H](OC(C)=O)[C@@H](OC(C)=O)[C@@H]1O[C@@H]1O[C@H](CS(=O)(=O)O)[C@@H](OC(C)=O)[C@H](OC(C)=O)[C@H]1OC(C)=O. The molecule has 0 spiro atoms. The lowest BCUT2D eigenvalue weighted by Gasteiger charge is -2.48. The molecule has 19 nitrogen and oxygen atoms in total. The highest BCUT2D eigenvalue weighted by Gasteiger charge is 2.57. The van der Waals surface area contributed by atoms with Gasteiger partial charge in [0.05, 0.1) is 0 Å². The smallest absolute Gasteiger partial charge is 0.303 e. The minimum absolute atomic E-state index is 0.662. The highest BCUT2D eigenvalue weighted by Crippen LogP contribution is 2.35. The predicted octanol–water partition coefficient (Wildman–Crippen LogP) is -2.08. The minimum Gasteiger partial charge on any atom is -0.463 e. The molecule has 2 N–H and O–H groups in total. The quantitative estimate of drug-likeness (QED) is 0.137. The fourth-order valence-corrected chi connectivity index (χ4v) is 5.18. The van der Waals surface area contributed by atoms with Crippen LogP contribution in [0.2, 0.25) is 0 Å². The highest BCUT2D eigenvalue weighted by atomic mass is 32.2. The van der Waals surface area contributed by atoms with Gasteiger partial charge in [0.2, 0.25) is 0 Å². The first-order valence-electron chi connectivity index (χ1n) is 12.9. The van der Waals surface area contributed by atoms with Gasteiger partial charge in [-0.3, -0.25) is 33.3 Å². The maximum atomic E-state index is 12.1. The first-order valence-corrected chi connectivity index (χ1v) is 14.5. The number of aliphatic hydroxyl groups excluding tert-OH is 1. The summed E-state index contributed by atoms with van der Waals surface area (Å²) in [5.74, 6) is -7.03. The Kier molecular flexibility index (Phi) is 13.0. The molecule has 0 aromatic heterocycles. The number of ether oxygens (including phenoxy) is 9. The Bertz CT molecular complexity index is 1200. The number of hydrogen-bond donors (Lipinski definition) is 2. The molecule has 20 heteroatoms. The number of aliphatic hydroxyl groups is 1. The second-order valence-corrected chi connectivity index (χ2v) is 11.1. The average molecular weight is 659 g/mol. The molecule has 0 aromatic carbocycles. The van der Waals surface area contributed by atoms with Gasteiger partial charge < -0.3 is 47.7 Å². The maximum Gasteiger partial charge on any atom is 0.303 e. The average Bonchev–Trinajstić information content (AvgIpc) is 2.83. The molecule has 0 amide bonds. The molecular formula is C24H34O19S. The normalized spacial score (nSPS) is 32.0. The molecule has 0 saturated carbocycles. The van der Waals surface area contributed by atoms with Crippen molar-refractivity contribution in [3.63, 3.8) is 0 Å². The molecule has 44 heavy (non-hydrogen) atoms. The van der Waals surface area contributed by atoms with E-state index >= 15 is 0 Å². The Hall–Kier alpha value is -3.43. The molecule has 2 rings (SSSR count). The molecule has 0 unspecified atom stereocenters. The second kappa shape index (κ2) is 15.5. The van der Waals surface area contributed by atoms with Crippen LogP contribution in [0.25, 0.3) is 0 Å². The first-order chi connectivity index (χ1) is 20.3. The molecule has 0 bridgehead atoms. The van der Waals surface area contributed by atoms with Gasteiger partial charge in [-0.2, -0.15) is 8.42 Å². The zero-order valence-corrected chi connectivity index (χ0v) is 25.2. The van der Waals surface area contributed by atoms with E-state index in [-0.39, 0.29) is 0 Å².